The molecule has 8 heteroatoms. The molecule has 30 heavy (non-hydrogen) atoms. The van der Waals surface area contributed by atoms with Crippen LogP contribution in [0.2, 0.25) is 5.02 Å². The predicted molar refractivity (Wildman–Crippen MR) is 119 cm³/mol. The van der Waals surface area contributed by atoms with Gasteiger partial charge in [-0.1, -0.05) is 50.4 Å². The maximum atomic E-state index is 12.8. The van der Waals surface area contributed by atoms with E-state index in [9.17, 15) is 9.59 Å². The first-order valence-corrected chi connectivity index (χ1v) is 10.8. The number of halogens is 1. The van der Waals surface area contributed by atoms with Crippen LogP contribution < -0.4 is 10.9 Å². The van der Waals surface area contributed by atoms with Crippen LogP contribution in [0.4, 0.5) is 0 Å². The maximum absolute atomic E-state index is 12.8. The standard InChI is InChI=1S/C22H28ClN5O2/c1-3-5-17(6-4-2)21(29)24-11-12-28-20-19(13-26-28)22(30)27(15-25-20)14-16-7-9-18(23)10-8-16/h7-10,13,15,17H,3-6,11-12,14H2,1-2H3,(H,24,29). The van der Waals surface area contributed by atoms with Gasteiger partial charge in [-0.25, -0.2) is 9.67 Å². The molecule has 0 aliphatic heterocycles. The van der Waals surface area contributed by atoms with Crippen molar-refractivity contribution in [1.29, 1.82) is 0 Å². The highest BCUT2D eigenvalue weighted by Gasteiger charge is 2.16. The molecule has 0 spiro atoms. The number of amides is 1. The molecule has 0 aliphatic carbocycles. The van der Waals surface area contributed by atoms with Gasteiger partial charge in [0.1, 0.15) is 11.7 Å². The summed E-state index contributed by atoms with van der Waals surface area (Å²) >= 11 is 5.92. The first-order valence-electron chi connectivity index (χ1n) is 10.5. The van der Waals surface area contributed by atoms with Crippen molar-refractivity contribution in [3.63, 3.8) is 0 Å². The van der Waals surface area contributed by atoms with Crippen LogP contribution in [-0.4, -0.2) is 31.8 Å². The average molecular weight is 430 g/mol. The minimum absolute atomic E-state index is 0.0626. The van der Waals surface area contributed by atoms with E-state index in [0.717, 1.165) is 31.2 Å². The van der Waals surface area contributed by atoms with Crippen LogP contribution in [0.3, 0.4) is 0 Å². The van der Waals surface area contributed by atoms with Crippen LogP contribution in [0.15, 0.2) is 41.6 Å². The molecule has 1 aromatic carbocycles. The van der Waals surface area contributed by atoms with Crippen LogP contribution in [0.1, 0.15) is 45.1 Å². The second kappa shape index (κ2) is 10.4. The lowest BCUT2D eigenvalue weighted by molar-refractivity contribution is -0.125. The molecule has 3 rings (SSSR count). The minimum atomic E-state index is -0.142. The summed E-state index contributed by atoms with van der Waals surface area (Å²) in [6, 6.07) is 7.36. The highest BCUT2D eigenvalue weighted by Crippen LogP contribution is 2.14. The zero-order valence-corrected chi connectivity index (χ0v) is 18.2. The molecule has 0 fully saturated rings. The summed E-state index contributed by atoms with van der Waals surface area (Å²) in [6.45, 7) is 5.52. The molecule has 3 aromatic rings. The Morgan fingerprint density at radius 2 is 1.87 bits per heavy atom. The second-order valence-electron chi connectivity index (χ2n) is 7.47. The molecule has 2 aromatic heterocycles. The van der Waals surface area contributed by atoms with Gasteiger partial charge in [-0.05, 0) is 30.5 Å². The molecule has 160 valence electrons. The largest absolute Gasteiger partial charge is 0.354 e. The van der Waals surface area contributed by atoms with Crippen molar-refractivity contribution in [3.8, 4) is 0 Å². The molecule has 1 amide bonds. The Morgan fingerprint density at radius 1 is 1.17 bits per heavy atom. The molecule has 0 unspecified atom stereocenters. The van der Waals surface area contributed by atoms with E-state index >= 15 is 0 Å². The van der Waals surface area contributed by atoms with Gasteiger partial charge in [0.25, 0.3) is 5.56 Å². The van der Waals surface area contributed by atoms with Crippen LogP contribution >= 0.6 is 11.6 Å². The van der Waals surface area contributed by atoms with E-state index < -0.39 is 0 Å². The molecule has 1 N–H and O–H groups in total. The van der Waals surface area contributed by atoms with E-state index in [1.165, 1.54) is 6.33 Å². The Hall–Kier alpha value is -2.67. The number of hydrogen-bond donors (Lipinski definition) is 1. The van der Waals surface area contributed by atoms with Gasteiger partial charge in [0.15, 0.2) is 5.65 Å². The maximum Gasteiger partial charge on any atom is 0.264 e. The molecule has 7 nitrogen and oxygen atoms in total. The number of rotatable bonds is 10. The fourth-order valence-corrected chi connectivity index (χ4v) is 3.72. The van der Waals surface area contributed by atoms with E-state index in [0.29, 0.717) is 35.7 Å². The lowest BCUT2D eigenvalue weighted by Crippen LogP contribution is -2.33. The van der Waals surface area contributed by atoms with E-state index in [-0.39, 0.29) is 17.4 Å². The van der Waals surface area contributed by atoms with Gasteiger partial charge in [0.2, 0.25) is 5.91 Å². The molecule has 0 bridgehead atoms. The summed E-state index contributed by atoms with van der Waals surface area (Å²) in [5, 5.41) is 8.42. The molecule has 0 aliphatic rings. The van der Waals surface area contributed by atoms with Gasteiger partial charge in [-0.3, -0.25) is 14.2 Å². The zero-order valence-electron chi connectivity index (χ0n) is 17.5. The average Bonchev–Trinajstić information content (AvgIpc) is 3.15. The Kier molecular flexibility index (Phi) is 7.63. The Labute approximate surface area is 181 Å². The Bertz CT molecular complexity index is 1040. The fraction of sp³-hybridized carbons (Fsp3) is 0.455. The third-order valence-corrected chi connectivity index (χ3v) is 5.41. The summed E-state index contributed by atoms with van der Waals surface area (Å²) in [6.07, 6.45) is 6.87. The van der Waals surface area contributed by atoms with Crippen LogP contribution in [0.25, 0.3) is 11.0 Å². The molecule has 0 saturated carbocycles. The van der Waals surface area contributed by atoms with Crippen LogP contribution in [-0.2, 0) is 17.9 Å². The molecule has 0 atom stereocenters. The lowest BCUT2D eigenvalue weighted by Gasteiger charge is -2.15. The number of carbonyl (C=O) groups is 1. The van der Waals surface area contributed by atoms with Crippen LogP contribution in [0.5, 0.6) is 0 Å². The first-order chi connectivity index (χ1) is 14.5. The number of benzene rings is 1. The Balaban J connectivity index is 1.66. The van der Waals surface area contributed by atoms with Gasteiger partial charge in [0, 0.05) is 17.5 Å². The lowest BCUT2D eigenvalue weighted by atomic mass is 9.97. The monoisotopic (exact) mass is 429 g/mol. The van der Waals surface area contributed by atoms with Gasteiger partial charge in [-0.2, -0.15) is 5.10 Å². The Morgan fingerprint density at radius 3 is 2.53 bits per heavy atom. The number of fused-ring (bicyclic) bond motifs is 1. The van der Waals surface area contributed by atoms with Crippen molar-refractivity contribution in [1.82, 2.24) is 24.6 Å². The van der Waals surface area contributed by atoms with E-state index in [2.05, 4.69) is 29.2 Å². The predicted octanol–water partition coefficient (Wildman–Crippen LogP) is 3.63. The SMILES string of the molecule is CCCC(CCC)C(=O)NCCn1ncc2c(=O)n(Cc3ccc(Cl)cc3)cnc21. The van der Waals surface area contributed by atoms with E-state index in [1.807, 2.05) is 12.1 Å². The third-order valence-electron chi connectivity index (χ3n) is 5.16. The molecular weight excluding hydrogens is 402 g/mol. The van der Waals surface area contributed by atoms with Gasteiger partial charge in [0.05, 0.1) is 19.3 Å². The minimum Gasteiger partial charge on any atom is -0.354 e. The highest BCUT2D eigenvalue weighted by atomic mass is 35.5. The van der Waals surface area contributed by atoms with Crippen LogP contribution in [0, 0.1) is 5.92 Å². The highest BCUT2D eigenvalue weighted by molar-refractivity contribution is 6.30. The summed E-state index contributed by atoms with van der Waals surface area (Å²) in [4.78, 5) is 29.6. The molecular formula is C22H28ClN5O2. The van der Waals surface area contributed by atoms with E-state index in [1.54, 1.807) is 27.6 Å². The van der Waals surface area contributed by atoms with Crippen molar-refractivity contribution < 1.29 is 4.79 Å². The van der Waals surface area contributed by atoms with Gasteiger partial charge >= 0.3 is 0 Å². The third kappa shape index (κ3) is 5.27. The molecule has 2 heterocycles. The van der Waals surface area contributed by atoms with E-state index in [4.69, 9.17) is 11.6 Å². The number of hydrogen-bond acceptors (Lipinski definition) is 4. The second-order valence-corrected chi connectivity index (χ2v) is 7.91. The molecule has 0 saturated heterocycles. The smallest absolute Gasteiger partial charge is 0.264 e. The normalized spacial score (nSPS) is 11.3. The summed E-state index contributed by atoms with van der Waals surface area (Å²) in [7, 11) is 0. The summed E-state index contributed by atoms with van der Waals surface area (Å²) < 4.78 is 3.22. The fourth-order valence-electron chi connectivity index (χ4n) is 3.59. The van der Waals surface area contributed by atoms with Crippen molar-refractivity contribution in [2.45, 2.75) is 52.6 Å². The summed E-state index contributed by atoms with van der Waals surface area (Å²) in [5.41, 5.74) is 1.35. The summed E-state index contributed by atoms with van der Waals surface area (Å²) in [5.74, 6) is 0.154. The van der Waals surface area contributed by atoms with Crippen molar-refractivity contribution in [3.05, 3.63) is 57.7 Å². The van der Waals surface area contributed by atoms with Crippen molar-refractivity contribution in [2.75, 3.05) is 6.54 Å². The van der Waals surface area contributed by atoms with Gasteiger partial charge in [-0.15, -0.1) is 0 Å². The number of nitrogens with zero attached hydrogens (tertiary/aromatic N) is 4. The number of nitrogens with one attached hydrogen (secondary N) is 1. The zero-order chi connectivity index (χ0) is 21.5. The van der Waals surface area contributed by atoms with Crippen molar-refractivity contribution in [2.24, 2.45) is 5.92 Å². The number of aromatic nitrogens is 4. The number of carbonyl (C=O) groups excluding carboxylic acids is 1. The topological polar surface area (TPSA) is 81.8 Å². The quantitative estimate of drug-likeness (QED) is 0.533. The van der Waals surface area contributed by atoms with Gasteiger partial charge < -0.3 is 5.32 Å². The molecule has 0 radical (unpaired) electrons. The van der Waals surface area contributed by atoms with Crippen molar-refractivity contribution >= 4 is 28.5 Å². The first kappa shape index (κ1) is 22.0.